The number of amides is 1. The van der Waals surface area contributed by atoms with Crippen molar-refractivity contribution in [1.29, 1.82) is 0 Å². The first-order chi connectivity index (χ1) is 14.2. The van der Waals surface area contributed by atoms with Crippen molar-refractivity contribution in [2.75, 3.05) is 5.32 Å². The van der Waals surface area contributed by atoms with Crippen LogP contribution in [0.4, 0.5) is 11.6 Å². The van der Waals surface area contributed by atoms with Crippen LogP contribution < -0.4 is 5.32 Å². The average Bonchev–Trinajstić information content (AvgIpc) is 3.34. The lowest BCUT2D eigenvalue weighted by Crippen LogP contribution is -2.10. The smallest absolute Gasteiger partial charge is 0.433 e. The standard InChI is InChI=1S/C22H19N3O5/c1-22(2,3)14-6-4-13(5-7-14)21-24-16-12-15(8-9-17(16)30-21)23-20(26)18-10-11-19(29-18)25(27)28/h4-12H,1-3H3,(H,23,26). The summed E-state index contributed by atoms with van der Waals surface area (Å²) in [5.74, 6) is -0.754. The van der Waals surface area contributed by atoms with Crippen LogP contribution in [0.2, 0.25) is 0 Å². The molecule has 0 atom stereocenters. The van der Waals surface area contributed by atoms with Crippen LogP contribution in [0, 0.1) is 10.1 Å². The van der Waals surface area contributed by atoms with Gasteiger partial charge < -0.3 is 14.2 Å². The monoisotopic (exact) mass is 405 g/mol. The average molecular weight is 405 g/mol. The molecule has 4 rings (SSSR count). The molecule has 0 aliphatic heterocycles. The predicted molar refractivity (Wildman–Crippen MR) is 111 cm³/mol. The number of hydrogen-bond donors (Lipinski definition) is 1. The lowest BCUT2D eigenvalue weighted by Gasteiger charge is -2.18. The number of benzene rings is 2. The molecule has 1 N–H and O–H groups in total. The molecule has 0 radical (unpaired) electrons. The lowest BCUT2D eigenvalue weighted by atomic mass is 9.87. The molecule has 1 amide bonds. The largest absolute Gasteiger partial charge is 0.436 e. The second-order valence-corrected chi connectivity index (χ2v) is 7.88. The summed E-state index contributed by atoms with van der Waals surface area (Å²) < 4.78 is 10.8. The minimum Gasteiger partial charge on any atom is -0.436 e. The Bertz CT molecular complexity index is 1250. The fourth-order valence-corrected chi connectivity index (χ4v) is 2.98. The Morgan fingerprint density at radius 1 is 1.03 bits per heavy atom. The van der Waals surface area contributed by atoms with Crippen LogP contribution >= 0.6 is 0 Å². The highest BCUT2D eigenvalue weighted by atomic mass is 16.6. The molecule has 8 nitrogen and oxygen atoms in total. The third-order valence-electron chi connectivity index (χ3n) is 4.64. The first-order valence-corrected chi connectivity index (χ1v) is 9.28. The van der Waals surface area contributed by atoms with E-state index < -0.39 is 16.7 Å². The number of anilines is 1. The van der Waals surface area contributed by atoms with Crippen LogP contribution in [0.1, 0.15) is 36.9 Å². The summed E-state index contributed by atoms with van der Waals surface area (Å²) in [5, 5.41) is 13.3. The molecule has 0 bridgehead atoms. The van der Waals surface area contributed by atoms with E-state index in [0.29, 0.717) is 22.7 Å². The summed E-state index contributed by atoms with van der Waals surface area (Å²) in [7, 11) is 0. The van der Waals surface area contributed by atoms with Gasteiger partial charge >= 0.3 is 5.88 Å². The molecule has 0 saturated carbocycles. The molecule has 2 heterocycles. The van der Waals surface area contributed by atoms with Crippen molar-refractivity contribution < 1.29 is 18.6 Å². The van der Waals surface area contributed by atoms with Crippen LogP contribution in [0.5, 0.6) is 0 Å². The van der Waals surface area contributed by atoms with E-state index in [1.807, 2.05) is 12.1 Å². The molecule has 2 aromatic carbocycles. The molecule has 0 saturated heterocycles. The number of carbonyl (C=O) groups excluding carboxylic acids is 1. The van der Waals surface area contributed by atoms with E-state index in [2.05, 4.69) is 43.2 Å². The Kier molecular flexibility index (Phi) is 4.62. The second kappa shape index (κ2) is 7.14. The molecule has 30 heavy (non-hydrogen) atoms. The Balaban J connectivity index is 1.56. The Morgan fingerprint density at radius 2 is 1.77 bits per heavy atom. The van der Waals surface area contributed by atoms with Crippen molar-refractivity contribution in [2.45, 2.75) is 26.2 Å². The summed E-state index contributed by atoms with van der Waals surface area (Å²) in [4.78, 5) is 26.8. The number of rotatable bonds is 4. The highest BCUT2D eigenvalue weighted by molar-refractivity contribution is 6.03. The topological polar surface area (TPSA) is 111 Å². The summed E-state index contributed by atoms with van der Waals surface area (Å²) in [5.41, 5.74) is 3.75. The molecule has 0 spiro atoms. The summed E-state index contributed by atoms with van der Waals surface area (Å²) >= 11 is 0. The summed E-state index contributed by atoms with van der Waals surface area (Å²) in [6, 6.07) is 15.5. The molecule has 0 aliphatic carbocycles. The van der Waals surface area contributed by atoms with Gasteiger partial charge in [-0.1, -0.05) is 32.9 Å². The number of nitrogens with one attached hydrogen (secondary N) is 1. The maximum atomic E-state index is 12.3. The van der Waals surface area contributed by atoms with Crippen molar-refractivity contribution >= 4 is 28.6 Å². The Labute approximate surface area is 171 Å². The highest BCUT2D eigenvalue weighted by Crippen LogP contribution is 2.29. The van der Waals surface area contributed by atoms with Crippen molar-refractivity contribution in [1.82, 2.24) is 4.98 Å². The quantitative estimate of drug-likeness (QED) is 0.352. The number of fused-ring (bicyclic) bond motifs is 1. The van der Waals surface area contributed by atoms with Gasteiger partial charge in [-0.15, -0.1) is 0 Å². The number of aromatic nitrogens is 1. The van der Waals surface area contributed by atoms with Gasteiger partial charge in [0.2, 0.25) is 5.89 Å². The van der Waals surface area contributed by atoms with Gasteiger partial charge in [-0.25, -0.2) is 4.98 Å². The normalized spacial score (nSPS) is 11.6. The van der Waals surface area contributed by atoms with Crippen LogP contribution in [0.15, 0.2) is 63.4 Å². The summed E-state index contributed by atoms with van der Waals surface area (Å²) in [6.07, 6.45) is 0. The zero-order valence-corrected chi connectivity index (χ0v) is 16.6. The maximum absolute atomic E-state index is 12.3. The Hall–Kier alpha value is -3.94. The summed E-state index contributed by atoms with van der Waals surface area (Å²) in [6.45, 7) is 6.45. The van der Waals surface area contributed by atoms with Crippen molar-refractivity contribution in [3.05, 3.63) is 76.0 Å². The first kappa shape index (κ1) is 19.4. The number of carbonyl (C=O) groups is 1. The highest BCUT2D eigenvalue weighted by Gasteiger charge is 2.18. The van der Waals surface area contributed by atoms with E-state index in [-0.39, 0.29) is 11.2 Å². The second-order valence-electron chi connectivity index (χ2n) is 7.88. The minimum atomic E-state index is -0.701. The molecule has 2 aromatic heterocycles. The fourth-order valence-electron chi connectivity index (χ4n) is 2.98. The van der Waals surface area contributed by atoms with Gasteiger partial charge in [-0.2, -0.15) is 0 Å². The first-order valence-electron chi connectivity index (χ1n) is 9.28. The van der Waals surface area contributed by atoms with E-state index in [9.17, 15) is 14.9 Å². The molecule has 8 heteroatoms. The van der Waals surface area contributed by atoms with Gasteiger partial charge in [0, 0.05) is 11.3 Å². The van der Waals surface area contributed by atoms with Crippen LogP contribution in [-0.4, -0.2) is 15.8 Å². The van der Waals surface area contributed by atoms with Gasteiger partial charge in [0.25, 0.3) is 5.91 Å². The zero-order chi connectivity index (χ0) is 21.5. The lowest BCUT2D eigenvalue weighted by molar-refractivity contribution is -0.402. The van der Waals surface area contributed by atoms with Crippen LogP contribution in [0.3, 0.4) is 0 Å². The zero-order valence-electron chi connectivity index (χ0n) is 16.6. The number of furan rings is 1. The minimum absolute atomic E-state index is 0.0569. The van der Waals surface area contributed by atoms with Crippen LogP contribution in [0.25, 0.3) is 22.6 Å². The van der Waals surface area contributed by atoms with Gasteiger partial charge in [-0.3, -0.25) is 14.9 Å². The van der Waals surface area contributed by atoms with E-state index >= 15 is 0 Å². The van der Waals surface area contributed by atoms with Crippen molar-refractivity contribution in [3.63, 3.8) is 0 Å². The van der Waals surface area contributed by atoms with Gasteiger partial charge in [0.1, 0.15) is 10.4 Å². The van der Waals surface area contributed by atoms with Crippen LogP contribution in [-0.2, 0) is 5.41 Å². The van der Waals surface area contributed by atoms with Gasteiger partial charge in [-0.05, 0) is 47.4 Å². The third-order valence-corrected chi connectivity index (χ3v) is 4.64. The number of nitro groups is 1. The van der Waals surface area contributed by atoms with Crippen molar-refractivity contribution in [3.8, 4) is 11.5 Å². The Morgan fingerprint density at radius 3 is 2.40 bits per heavy atom. The molecule has 152 valence electrons. The number of oxazole rings is 1. The van der Waals surface area contributed by atoms with E-state index in [1.165, 1.54) is 11.6 Å². The molecular formula is C22H19N3O5. The number of nitrogens with zero attached hydrogens (tertiary/aromatic N) is 2. The van der Waals surface area contributed by atoms with Gasteiger partial charge in [0.05, 0.1) is 6.07 Å². The molecule has 0 fully saturated rings. The van der Waals surface area contributed by atoms with E-state index in [0.717, 1.165) is 11.6 Å². The molecular weight excluding hydrogens is 386 g/mol. The van der Waals surface area contributed by atoms with Gasteiger partial charge in [0.15, 0.2) is 11.3 Å². The molecule has 4 aromatic rings. The van der Waals surface area contributed by atoms with E-state index in [4.69, 9.17) is 8.83 Å². The predicted octanol–water partition coefficient (Wildman–Crippen LogP) is 5.55. The SMILES string of the molecule is CC(C)(C)c1ccc(-c2nc3cc(NC(=O)c4ccc([N+](=O)[O-])o4)ccc3o2)cc1. The number of hydrogen-bond acceptors (Lipinski definition) is 6. The maximum Gasteiger partial charge on any atom is 0.433 e. The third kappa shape index (κ3) is 3.80. The van der Waals surface area contributed by atoms with Crippen molar-refractivity contribution in [2.24, 2.45) is 0 Å². The fraction of sp³-hybridized carbons (Fsp3) is 0.182. The van der Waals surface area contributed by atoms with E-state index in [1.54, 1.807) is 18.2 Å². The molecule has 0 unspecified atom stereocenters. The molecule has 0 aliphatic rings.